The monoisotopic (exact) mass is 338 g/mol. The zero-order valence-corrected chi connectivity index (χ0v) is 13.9. The van der Waals surface area contributed by atoms with Crippen molar-refractivity contribution in [3.63, 3.8) is 0 Å². The summed E-state index contributed by atoms with van der Waals surface area (Å²) >= 11 is 1.52. The van der Waals surface area contributed by atoms with Gasteiger partial charge in [-0.05, 0) is 13.3 Å². The first-order valence-corrected chi connectivity index (χ1v) is 9.59. The number of nitrogens with zero attached hydrogens (tertiary/aromatic N) is 1. The van der Waals surface area contributed by atoms with Crippen molar-refractivity contribution in [2.75, 3.05) is 6.61 Å². The van der Waals surface area contributed by atoms with Crippen LogP contribution in [-0.4, -0.2) is 31.4 Å². The standard InChI is InChI=1S/C15H18N2O3S2/c1-11-14(7-8-20-11)22(18,19)16-9-13-10-21-15(17-13)12-5-3-2-4-6-12/h2-6,10-11,14,16H,7-9H2,1H3/t11-,14+/m0/s1. The lowest BCUT2D eigenvalue weighted by molar-refractivity contribution is 0.126. The zero-order chi connectivity index (χ0) is 15.6. The molecule has 1 aliphatic rings. The molecule has 2 heterocycles. The van der Waals surface area contributed by atoms with Gasteiger partial charge in [-0.25, -0.2) is 18.1 Å². The van der Waals surface area contributed by atoms with E-state index in [9.17, 15) is 8.42 Å². The fraction of sp³-hybridized carbons (Fsp3) is 0.400. The highest BCUT2D eigenvalue weighted by atomic mass is 32.2. The predicted octanol–water partition coefficient (Wildman–Crippen LogP) is 2.41. The van der Waals surface area contributed by atoms with Gasteiger partial charge in [0.25, 0.3) is 0 Å². The molecule has 22 heavy (non-hydrogen) atoms. The van der Waals surface area contributed by atoms with Crippen molar-refractivity contribution in [2.45, 2.75) is 31.2 Å². The average molecular weight is 338 g/mol. The van der Waals surface area contributed by atoms with E-state index in [1.54, 1.807) is 6.92 Å². The number of thiazole rings is 1. The number of aromatic nitrogens is 1. The Labute approximate surface area is 134 Å². The molecular weight excluding hydrogens is 320 g/mol. The van der Waals surface area contributed by atoms with Crippen LogP contribution in [-0.2, 0) is 21.3 Å². The van der Waals surface area contributed by atoms with Crippen molar-refractivity contribution < 1.29 is 13.2 Å². The predicted molar refractivity (Wildman–Crippen MR) is 87.1 cm³/mol. The molecular formula is C15H18N2O3S2. The minimum atomic E-state index is -3.37. The van der Waals surface area contributed by atoms with E-state index >= 15 is 0 Å². The van der Waals surface area contributed by atoms with E-state index in [-0.39, 0.29) is 12.6 Å². The molecule has 0 spiro atoms. The van der Waals surface area contributed by atoms with Gasteiger partial charge in [0.2, 0.25) is 10.0 Å². The Balaban J connectivity index is 1.66. The average Bonchev–Trinajstić information content (AvgIpc) is 3.15. The SMILES string of the molecule is C[C@@H]1OCC[C@H]1S(=O)(=O)NCc1csc(-c2ccccc2)n1. The number of ether oxygens (including phenoxy) is 1. The smallest absolute Gasteiger partial charge is 0.217 e. The third-order valence-electron chi connectivity index (χ3n) is 3.73. The molecule has 7 heteroatoms. The van der Waals surface area contributed by atoms with Gasteiger partial charge in [0.15, 0.2) is 0 Å². The fourth-order valence-corrected chi connectivity index (χ4v) is 4.88. The summed E-state index contributed by atoms with van der Waals surface area (Å²) in [5.41, 5.74) is 1.78. The van der Waals surface area contributed by atoms with E-state index in [0.29, 0.717) is 13.0 Å². The molecule has 1 N–H and O–H groups in total. The highest BCUT2D eigenvalue weighted by Gasteiger charge is 2.35. The second-order valence-corrected chi connectivity index (χ2v) is 8.12. The number of rotatable bonds is 5. The van der Waals surface area contributed by atoms with E-state index < -0.39 is 15.3 Å². The van der Waals surface area contributed by atoms with Gasteiger partial charge in [0.05, 0.1) is 18.3 Å². The molecule has 2 atom stereocenters. The highest BCUT2D eigenvalue weighted by Crippen LogP contribution is 2.24. The fourth-order valence-electron chi connectivity index (χ4n) is 2.50. The molecule has 1 aromatic heterocycles. The summed E-state index contributed by atoms with van der Waals surface area (Å²) in [6.45, 7) is 2.52. The van der Waals surface area contributed by atoms with Gasteiger partial charge in [-0.1, -0.05) is 30.3 Å². The topological polar surface area (TPSA) is 68.3 Å². The summed E-state index contributed by atoms with van der Waals surface area (Å²) in [7, 11) is -3.37. The van der Waals surface area contributed by atoms with Gasteiger partial charge in [-0.2, -0.15) is 0 Å². The molecule has 1 saturated heterocycles. The molecule has 118 valence electrons. The van der Waals surface area contributed by atoms with Crippen molar-refractivity contribution in [1.82, 2.24) is 9.71 Å². The molecule has 5 nitrogen and oxygen atoms in total. The second kappa shape index (κ2) is 6.45. The van der Waals surface area contributed by atoms with Crippen LogP contribution in [0.2, 0.25) is 0 Å². The molecule has 0 radical (unpaired) electrons. The van der Waals surface area contributed by atoms with E-state index in [1.165, 1.54) is 11.3 Å². The van der Waals surface area contributed by atoms with E-state index in [2.05, 4.69) is 9.71 Å². The van der Waals surface area contributed by atoms with Crippen LogP contribution in [0.1, 0.15) is 19.0 Å². The Morgan fingerprint density at radius 2 is 2.14 bits per heavy atom. The molecule has 3 rings (SSSR count). The molecule has 0 bridgehead atoms. The van der Waals surface area contributed by atoms with E-state index in [4.69, 9.17) is 4.74 Å². The van der Waals surface area contributed by atoms with Crippen LogP contribution < -0.4 is 4.72 Å². The van der Waals surface area contributed by atoms with Crippen LogP contribution in [0.15, 0.2) is 35.7 Å². The molecule has 0 aliphatic carbocycles. The van der Waals surface area contributed by atoms with Gasteiger partial charge < -0.3 is 4.74 Å². The van der Waals surface area contributed by atoms with Crippen molar-refractivity contribution >= 4 is 21.4 Å². The first-order chi connectivity index (χ1) is 10.6. The summed E-state index contributed by atoms with van der Waals surface area (Å²) < 4.78 is 32.5. The highest BCUT2D eigenvalue weighted by molar-refractivity contribution is 7.90. The Morgan fingerprint density at radius 1 is 1.36 bits per heavy atom. The van der Waals surface area contributed by atoms with Gasteiger partial charge in [0.1, 0.15) is 10.3 Å². The van der Waals surface area contributed by atoms with Crippen LogP contribution in [0.5, 0.6) is 0 Å². The Bertz CT molecular complexity index is 728. The summed E-state index contributed by atoms with van der Waals surface area (Å²) in [5, 5.41) is 2.31. The lowest BCUT2D eigenvalue weighted by Gasteiger charge is -2.15. The molecule has 0 unspecified atom stereocenters. The first-order valence-electron chi connectivity index (χ1n) is 7.16. The molecule has 0 amide bonds. The zero-order valence-electron chi connectivity index (χ0n) is 12.2. The molecule has 0 saturated carbocycles. The number of hydrogen-bond donors (Lipinski definition) is 1. The third-order valence-corrected chi connectivity index (χ3v) is 6.64. The van der Waals surface area contributed by atoms with Crippen molar-refractivity contribution in [2.24, 2.45) is 0 Å². The quantitative estimate of drug-likeness (QED) is 0.909. The van der Waals surface area contributed by atoms with Crippen molar-refractivity contribution in [1.29, 1.82) is 0 Å². The first kappa shape index (κ1) is 15.6. The maximum absolute atomic E-state index is 12.3. The Hall–Kier alpha value is -1.28. The third kappa shape index (κ3) is 3.38. The van der Waals surface area contributed by atoms with Crippen LogP contribution in [0.3, 0.4) is 0 Å². The lowest BCUT2D eigenvalue weighted by atomic mass is 10.2. The number of sulfonamides is 1. The normalized spacial score (nSPS) is 22.0. The van der Waals surface area contributed by atoms with Crippen LogP contribution >= 0.6 is 11.3 Å². The van der Waals surface area contributed by atoms with Gasteiger partial charge >= 0.3 is 0 Å². The van der Waals surface area contributed by atoms with Crippen molar-refractivity contribution in [3.05, 3.63) is 41.4 Å². The summed E-state index contributed by atoms with van der Waals surface area (Å²) in [6, 6.07) is 9.85. The Morgan fingerprint density at radius 3 is 2.82 bits per heavy atom. The van der Waals surface area contributed by atoms with Gasteiger partial charge in [-0.3, -0.25) is 0 Å². The molecule has 1 aromatic carbocycles. The van der Waals surface area contributed by atoms with E-state index in [1.807, 2.05) is 35.7 Å². The van der Waals surface area contributed by atoms with Crippen LogP contribution in [0, 0.1) is 0 Å². The number of nitrogens with one attached hydrogen (secondary N) is 1. The number of benzene rings is 1. The Kier molecular flexibility index (Phi) is 4.58. The minimum absolute atomic E-state index is 0.217. The molecule has 1 aliphatic heterocycles. The van der Waals surface area contributed by atoms with Crippen LogP contribution in [0.25, 0.3) is 10.6 Å². The summed E-state index contributed by atoms with van der Waals surface area (Å²) in [5.74, 6) is 0. The lowest BCUT2D eigenvalue weighted by Crippen LogP contribution is -2.37. The second-order valence-electron chi connectivity index (χ2n) is 5.28. The van der Waals surface area contributed by atoms with Crippen LogP contribution in [0.4, 0.5) is 0 Å². The molecule has 1 fully saturated rings. The summed E-state index contributed by atoms with van der Waals surface area (Å²) in [4.78, 5) is 4.49. The van der Waals surface area contributed by atoms with Gasteiger partial charge in [-0.15, -0.1) is 11.3 Å². The molecule has 2 aromatic rings. The van der Waals surface area contributed by atoms with Gasteiger partial charge in [0, 0.05) is 17.6 Å². The largest absolute Gasteiger partial charge is 0.377 e. The maximum atomic E-state index is 12.3. The summed E-state index contributed by atoms with van der Waals surface area (Å²) in [6.07, 6.45) is 0.288. The van der Waals surface area contributed by atoms with E-state index in [0.717, 1.165) is 16.3 Å². The van der Waals surface area contributed by atoms with Crippen molar-refractivity contribution in [3.8, 4) is 10.6 Å². The minimum Gasteiger partial charge on any atom is -0.377 e. The maximum Gasteiger partial charge on any atom is 0.217 e. The number of hydrogen-bond acceptors (Lipinski definition) is 5.